The number of carbonyl (C=O) groups excluding carboxylic acids is 1. The van der Waals surface area contributed by atoms with Crippen molar-refractivity contribution in [2.45, 2.75) is 19.9 Å². The molecule has 0 amide bonds. The topological polar surface area (TPSA) is 83.0 Å². The number of carbonyl (C=O) groups is 1. The highest BCUT2D eigenvalue weighted by Crippen LogP contribution is 2.29. The lowest BCUT2D eigenvalue weighted by Crippen LogP contribution is -2.11. The summed E-state index contributed by atoms with van der Waals surface area (Å²) in [6.07, 6.45) is 0.400. The molecule has 0 saturated carbocycles. The van der Waals surface area contributed by atoms with Crippen LogP contribution < -0.4 is 5.73 Å². The molecule has 2 N–H and O–H groups in total. The Balaban J connectivity index is 1.86. The van der Waals surface area contributed by atoms with Crippen molar-refractivity contribution in [2.75, 3.05) is 12.3 Å². The van der Waals surface area contributed by atoms with Crippen LogP contribution in [0.25, 0.3) is 22.2 Å². The molecule has 4 rings (SSSR count). The van der Waals surface area contributed by atoms with Gasteiger partial charge in [0.05, 0.1) is 17.6 Å². The van der Waals surface area contributed by atoms with Gasteiger partial charge in [0.1, 0.15) is 22.7 Å². The summed E-state index contributed by atoms with van der Waals surface area (Å²) >= 11 is 0. The molecule has 6 nitrogen and oxygen atoms in total. The van der Waals surface area contributed by atoms with E-state index in [2.05, 4.69) is 9.97 Å². The molecule has 0 aliphatic rings. The van der Waals surface area contributed by atoms with Gasteiger partial charge < -0.3 is 15.0 Å². The number of nitrogens with zero attached hydrogens (tertiary/aromatic N) is 3. The lowest BCUT2D eigenvalue weighted by molar-refractivity contribution is 0.0529. The number of hydrogen-bond acceptors (Lipinski definition) is 5. The molecule has 0 atom stereocenters. The number of anilines is 1. The van der Waals surface area contributed by atoms with Crippen molar-refractivity contribution in [1.29, 1.82) is 0 Å². The molecule has 0 aliphatic heterocycles. The number of esters is 1. The van der Waals surface area contributed by atoms with Gasteiger partial charge in [-0.3, -0.25) is 0 Å². The van der Waals surface area contributed by atoms with Gasteiger partial charge in [0.25, 0.3) is 0 Å². The summed E-state index contributed by atoms with van der Waals surface area (Å²) in [6.45, 7) is 2.31. The van der Waals surface area contributed by atoms with E-state index in [1.807, 2.05) is 24.3 Å². The van der Waals surface area contributed by atoms with Crippen LogP contribution >= 0.6 is 0 Å². The van der Waals surface area contributed by atoms with Gasteiger partial charge in [-0.15, -0.1) is 0 Å². The third-order valence-electron chi connectivity index (χ3n) is 4.63. The van der Waals surface area contributed by atoms with Crippen molar-refractivity contribution >= 4 is 34.0 Å². The number of para-hydroxylation sites is 2. The van der Waals surface area contributed by atoms with Crippen LogP contribution in [0.1, 0.15) is 22.8 Å². The summed E-state index contributed by atoms with van der Waals surface area (Å²) in [4.78, 5) is 21.8. The number of nitrogens with two attached hydrogens (primary N) is 1. The van der Waals surface area contributed by atoms with Crippen LogP contribution in [-0.4, -0.2) is 27.1 Å². The average Bonchev–Trinajstić information content (AvgIpc) is 2.96. The van der Waals surface area contributed by atoms with E-state index in [1.165, 1.54) is 6.07 Å². The van der Waals surface area contributed by atoms with Crippen LogP contribution in [0, 0.1) is 5.82 Å². The fourth-order valence-corrected chi connectivity index (χ4v) is 3.28. The molecule has 0 fully saturated rings. The van der Waals surface area contributed by atoms with Gasteiger partial charge in [-0.25, -0.2) is 19.2 Å². The monoisotopic (exact) mass is 378 g/mol. The lowest BCUT2D eigenvalue weighted by Gasteiger charge is -2.08. The van der Waals surface area contributed by atoms with Gasteiger partial charge in [0.15, 0.2) is 5.65 Å². The molecule has 0 unspecified atom stereocenters. The van der Waals surface area contributed by atoms with E-state index in [0.717, 1.165) is 0 Å². The van der Waals surface area contributed by atoms with Crippen molar-refractivity contribution in [2.24, 2.45) is 0 Å². The number of aromatic nitrogens is 3. The SMILES string of the molecule is CCOC(=O)c1c(N)n(CCc2ccccc2F)c2nc3ccccc3nc12. The molecule has 28 heavy (non-hydrogen) atoms. The van der Waals surface area contributed by atoms with Crippen molar-refractivity contribution in [1.82, 2.24) is 14.5 Å². The number of aryl methyl sites for hydroxylation is 2. The van der Waals surface area contributed by atoms with Gasteiger partial charge in [-0.05, 0) is 37.1 Å². The maximum absolute atomic E-state index is 14.0. The summed E-state index contributed by atoms with van der Waals surface area (Å²) in [5.74, 6) is -0.598. The van der Waals surface area contributed by atoms with Crippen LogP contribution in [-0.2, 0) is 17.7 Å². The highest BCUT2D eigenvalue weighted by molar-refractivity contribution is 6.08. The van der Waals surface area contributed by atoms with Crippen molar-refractivity contribution in [3.05, 3.63) is 65.5 Å². The lowest BCUT2D eigenvalue weighted by atomic mass is 10.1. The molecule has 0 aliphatic carbocycles. The number of rotatable bonds is 5. The Labute approximate surface area is 160 Å². The Morgan fingerprint density at radius 1 is 1.11 bits per heavy atom. The molecular weight excluding hydrogens is 359 g/mol. The molecule has 2 heterocycles. The minimum absolute atomic E-state index is 0.198. The van der Waals surface area contributed by atoms with E-state index >= 15 is 0 Å². The van der Waals surface area contributed by atoms with Crippen molar-refractivity contribution in [3.63, 3.8) is 0 Å². The second kappa shape index (κ2) is 7.26. The fraction of sp³-hybridized carbons (Fsp3) is 0.190. The highest BCUT2D eigenvalue weighted by atomic mass is 19.1. The number of fused-ring (bicyclic) bond motifs is 2. The molecular formula is C21H19FN4O2. The minimum Gasteiger partial charge on any atom is -0.462 e. The summed E-state index contributed by atoms with van der Waals surface area (Å²) < 4.78 is 20.9. The second-order valence-electron chi connectivity index (χ2n) is 6.36. The number of benzene rings is 2. The van der Waals surface area contributed by atoms with Crippen LogP contribution in [0.2, 0.25) is 0 Å². The molecule has 2 aromatic heterocycles. The van der Waals surface area contributed by atoms with Gasteiger partial charge in [-0.2, -0.15) is 0 Å². The smallest absolute Gasteiger partial charge is 0.344 e. The van der Waals surface area contributed by atoms with Crippen LogP contribution in [0.4, 0.5) is 10.2 Å². The van der Waals surface area contributed by atoms with E-state index in [9.17, 15) is 9.18 Å². The molecule has 142 valence electrons. The van der Waals surface area contributed by atoms with Gasteiger partial charge in [0.2, 0.25) is 0 Å². The Kier molecular flexibility index (Phi) is 4.65. The normalized spacial score (nSPS) is 11.2. The zero-order valence-corrected chi connectivity index (χ0v) is 15.4. The van der Waals surface area contributed by atoms with E-state index in [0.29, 0.717) is 40.7 Å². The predicted octanol–water partition coefficient (Wildman–Crippen LogP) is 3.73. The second-order valence-corrected chi connectivity index (χ2v) is 6.36. The molecule has 7 heteroatoms. The highest BCUT2D eigenvalue weighted by Gasteiger charge is 2.24. The maximum atomic E-state index is 14.0. The van der Waals surface area contributed by atoms with Gasteiger partial charge >= 0.3 is 5.97 Å². The standard InChI is InChI=1S/C21H19FN4O2/c1-2-28-21(27)17-18-20(25-16-10-6-5-9-15(16)24-18)26(19(17)23)12-11-13-7-3-4-8-14(13)22/h3-10H,2,11-12,23H2,1H3. The minimum atomic E-state index is -0.542. The molecule has 4 aromatic rings. The van der Waals surface area contributed by atoms with E-state index < -0.39 is 5.97 Å². The molecule has 2 aromatic carbocycles. The van der Waals surface area contributed by atoms with Crippen molar-refractivity contribution in [3.8, 4) is 0 Å². The molecule has 0 saturated heterocycles. The summed E-state index contributed by atoms with van der Waals surface area (Å²) in [6, 6.07) is 14.0. The number of halogens is 1. The van der Waals surface area contributed by atoms with Crippen molar-refractivity contribution < 1.29 is 13.9 Å². The Hall–Kier alpha value is -3.48. The van der Waals surface area contributed by atoms with E-state index in [4.69, 9.17) is 10.5 Å². The summed E-state index contributed by atoms with van der Waals surface area (Å²) in [5, 5.41) is 0. The number of hydrogen-bond donors (Lipinski definition) is 1. The first kappa shape index (κ1) is 17.9. The van der Waals surface area contributed by atoms with E-state index in [-0.39, 0.29) is 23.8 Å². The zero-order valence-electron chi connectivity index (χ0n) is 15.4. The Morgan fingerprint density at radius 3 is 2.50 bits per heavy atom. The average molecular weight is 378 g/mol. The van der Waals surface area contributed by atoms with Crippen LogP contribution in [0.5, 0.6) is 0 Å². The fourth-order valence-electron chi connectivity index (χ4n) is 3.28. The quantitative estimate of drug-likeness (QED) is 0.535. The summed E-state index contributed by atoms with van der Waals surface area (Å²) in [5.41, 5.74) is 9.29. The van der Waals surface area contributed by atoms with Crippen LogP contribution in [0.15, 0.2) is 48.5 Å². The molecule has 0 spiro atoms. The third kappa shape index (κ3) is 3.05. The first-order chi connectivity index (χ1) is 13.6. The first-order valence-corrected chi connectivity index (χ1v) is 9.05. The first-order valence-electron chi connectivity index (χ1n) is 9.05. The molecule has 0 bridgehead atoms. The molecule has 0 radical (unpaired) electrons. The largest absolute Gasteiger partial charge is 0.462 e. The number of nitrogen functional groups attached to an aromatic ring is 1. The van der Waals surface area contributed by atoms with Gasteiger partial charge in [0, 0.05) is 6.54 Å². The summed E-state index contributed by atoms with van der Waals surface area (Å²) in [7, 11) is 0. The predicted molar refractivity (Wildman–Crippen MR) is 106 cm³/mol. The van der Waals surface area contributed by atoms with Gasteiger partial charge in [-0.1, -0.05) is 30.3 Å². The zero-order chi connectivity index (χ0) is 19.7. The third-order valence-corrected chi connectivity index (χ3v) is 4.63. The van der Waals surface area contributed by atoms with Crippen LogP contribution in [0.3, 0.4) is 0 Å². The Bertz CT molecular complexity index is 1190. The maximum Gasteiger partial charge on any atom is 0.344 e. The Morgan fingerprint density at radius 2 is 1.79 bits per heavy atom. The van der Waals surface area contributed by atoms with E-state index in [1.54, 1.807) is 29.7 Å². The number of ether oxygens (including phenoxy) is 1.